The fourth-order valence-corrected chi connectivity index (χ4v) is 3.64. The Balaban J connectivity index is 3.19. The molecular weight excluding hydrogens is 420 g/mol. The van der Waals surface area contributed by atoms with E-state index in [1.165, 1.54) is 25.7 Å². The van der Waals surface area contributed by atoms with E-state index in [9.17, 15) is 0 Å². The molecule has 4 atom stereocenters. The first-order valence-electron chi connectivity index (χ1n) is 13.5. The molecule has 0 saturated carbocycles. The highest BCUT2D eigenvalue weighted by Gasteiger charge is 2.10. The molecule has 0 rings (SSSR count). The van der Waals surface area contributed by atoms with Gasteiger partial charge in [0.05, 0.1) is 66.1 Å². The van der Waals surface area contributed by atoms with Gasteiger partial charge in [0.15, 0.2) is 0 Å². The van der Waals surface area contributed by atoms with Gasteiger partial charge in [-0.2, -0.15) is 0 Å². The van der Waals surface area contributed by atoms with Crippen molar-refractivity contribution in [2.75, 3.05) is 79.3 Å². The third-order valence-electron chi connectivity index (χ3n) is 6.20. The number of ether oxygens (including phenoxy) is 6. The minimum Gasteiger partial charge on any atom is -0.379 e. The topological polar surface area (TPSA) is 55.4 Å². The molecule has 0 N–H and O–H groups in total. The molecule has 0 fully saturated rings. The van der Waals surface area contributed by atoms with E-state index in [4.69, 9.17) is 28.4 Å². The van der Waals surface area contributed by atoms with Crippen molar-refractivity contribution in [2.45, 2.75) is 73.6 Å². The van der Waals surface area contributed by atoms with E-state index in [1.807, 2.05) is 0 Å². The Kier molecular flexibility index (Phi) is 24.7. The van der Waals surface area contributed by atoms with Gasteiger partial charge in [-0.15, -0.1) is 0 Å². The lowest BCUT2D eigenvalue weighted by Gasteiger charge is -2.18. The molecule has 6 nitrogen and oxygen atoms in total. The van der Waals surface area contributed by atoms with Crippen LogP contribution in [0.1, 0.15) is 73.6 Å². The molecule has 0 aromatic carbocycles. The fourth-order valence-electron chi connectivity index (χ4n) is 3.64. The van der Waals surface area contributed by atoms with Gasteiger partial charge in [0, 0.05) is 13.2 Å². The Hall–Kier alpha value is -0.240. The van der Waals surface area contributed by atoms with Crippen LogP contribution in [0, 0.1) is 23.7 Å². The van der Waals surface area contributed by atoms with E-state index in [1.54, 1.807) is 0 Å². The zero-order valence-electron chi connectivity index (χ0n) is 22.8. The molecule has 0 aliphatic rings. The number of hydrogen-bond acceptors (Lipinski definition) is 6. The van der Waals surface area contributed by atoms with Crippen LogP contribution in [0.4, 0.5) is 0 Å². The molecule has 4 unspecified atom stereocenters. The Morgan fingerprint density at radius 3 is 1.27 bits per heavy atom. The second-order valence-electron chi connectivity index (χ2n) is 9.52. The van der Waals surface area contributed by atoms with Crippen molar-refractivity contribution in [1.82, 2.24) is 0 Å². The standard InChI is InChI=1S/C27H56O6/c1-7-9-24(3)22-25(4)10-11-28-12-13-29-14-15-30-16-17-31-18-19-32-20-21-33-23-27(6)26(5)8-2/h24-27H,7-23H2,1-6H3. The van der Waals surface area contributed by atoms with E-state index in [0.717, 1.165) is 31.5 Å². The first-order valence-corrected chi connectivity index (χ1v) is 13.5. The van der Waals surface area contributed by atoms with E-state index < -0.39 is 0 Å². The minimum absolute atomic E-state index is 0.574. The number of rotatable bonds is 26. The second-order valence-corrected chi connectivity index (χ2v) is 9.52. The predicted molar refractivity (Wildman–Crippen MR) is 136 cm³/mol. The van der Waals surface area contributed by atoms with Gasteiger partial charge >= 0.3 is 0 Å². The van der Waals surface area contributed by atoms with Gasteiger partial charge in [0.2, 0.25) is 0 Å². The molecule has 0 saturated heterocycles. The maximum absolute atomic E-state index is 5.68. The maximum atomic E-state index is 5.68. The zero-order valence-corrected chi connectivity index (χ0v) is 22.8. The lowest BCUT2D eigenvalue weighted by Crippen LogP contribution is -2.17. The Morgan fingerprint density at radius 1 is 0.455 bits per heavy atom. The van der Waals surface area contributed by atoms with Gasteiger partial charge in [-0.25, -0.2) is 0 Å². The summed E-state index contributed by atoms with van der Waals surface area (Å²) < 4.78 is 33.4. The first kappa shape index (κ1) is 32.8. The average molecular weight is 477 g/mol. The van der Waals surface area contributed by atoms with Crippen molar-refractivity contribution in [3.63, 3.8) is 0 Å². The molecule has 0 heterocycles. The summed E-state index contributed by atoms with van der Waals surface area (Å²) in [5.41, 5.74) is 0. The largest absolute Gasteiger partial charge is 0.379 e. The van der Waals surface area contributed by atoms with Crippen LogP contribution in [0.25, 0.3) is 0 Å². The van der Waals surface area contributed by atoms with Crippen LogP contribution in [0.3, 0.4) is 0 Å². The van der Waals surface area contributed by atoms with Crippen LogP contribution < -0.4 is 0 Å². The summed E-state index contributed by atoms with van der Waals surface area (Å²) in [5.74, 6) is 2.86. The SMILES string of the molecule is CCCC(C)CC(C)CCOCCOCCOCCOCCOCCOCC(C)C(C)CC. The summed E-state index contributed by atoms with van der Waals surface area (Å²) in [4.78, 5) is 0. The van der Waals surface area contributed by atoms with Gasteiger partial charge in [-0.05, 0) is 36.5 Å². The van der Waals surface area contributed by atoms with Crippen molar-refractivity contribution in [1.29, 1.82) is 0 Å². The number of hydrogen-bond donors (Lipinski definition) is 0. The molecule has 0 aliphatic carbocycles. The van der Waals surface area contributed by atoms with Gasteiger partial charge < -0.3 is 28.4 Å². The Morgan fingerprint density at radius 2 is 0.848 bits per heavy atom. The molecule has 0 aromatic rings. The van der Waals surface area contributed by atoms with Crippen LogP contribution in [0.5, 0.6) is 0 Å². The van der Waals surface area contributed by atoms with E-state index in [-0.39, 0.29) is 0 Å². The van der Waals surface area contributed by atoms with Crippen molar-refractivity contribution in [3.8, 4) is 0 Å². The second kappa shape index (κ2) is 24.9. The van der Waals surface area contributed by atoms with Crippen LogP contribution in [0.15, 0.2) is 0 Å². The summed E-state index contributed by atoms with van der Waals surface area (Å²) in [6.07, 6.45) is 6.24. The molecule has 0 aliphatic heterocycles. The third kappa shape index (κ3) is 23.3. The minimum atomic E-state index is 0.574. The summed E-state index contributed by atoms with van der Waals surface area (Å²) >= 11 is 0. The molecule has 0 bridgehead atoms. The van der Waals surface area contributed by atoms with Crippen molar-refractivity contribution >= 4 is 0 Å². The van der Waals surface area contributed by atoms with Crippen molar-refractivity contribution in [3.05, 3.63) is 0 Å². The molecule has 0 radical (unpaired) electrons. The van der Waals surface area contributed by atoms with Gasteiger partial charge in [-0.3, -0.25) is 0 Å². The molecule has 0 amide bonds. The van der Waals surface area contributed by atoms with Gasteiger partial charge in [0.25, 0.3) is 0 Å². The first-order chi connectivity index (χ1) is 16.0. The van der Waals surface area contributed by atoms with Crippen LogP contribution in [-0.4, -0.2) is 79.3 Å². The predicted octanol–water partition coefficient (Wildman–Crippen LogP) is 5.62. The summed E-state index contributed by atoms with van der Waals surface area (Å²) in [7, 11) is 0. The molecule has 200 valence electrons. The molecule has 0 aromatic heterocycles. The Labute approximate surface area is 205 Å². The molecule has 33 heavy (non-hydrogen) atoms. The molecule has 0 spiro atoms. The van der Waals surface area contributed by atoms with E-state index in [2.05, 4.69) is 41.5 Å². The summed E-state index contributed by atoms with van der Waals surface area (Å²) in [6, 6.07) is 0. The van der Waals surface area contributed by atoms with Crippen LogP contribution in [-0.2, 0) is 28.4 Å². The molecule has 6 heteroatoms. The fraction of sp³-hybridized carbons (Fsp3) is 1.00. The van der Waals surface area contributed by atoms with Crippen LogP contribution >= 0.6 is 0 Å². The average Bonchev–Trinajstić information content (AvgIpc) is 2.79. The normalized spacial score (nSPS) is 15.5. The smallest absolute Gasteiger partial charge is 0.0701 e. The summed E-state index contributed by atoms with van der Waals surface area (Å²) in [5, 5.41) is 0. The zero-order chi connectivity index (χ0) is 24.6. The lowest BCUT2D eigenvalue weighted by atomic mass is 9.92. The lowest BCUT2D eigenvalue weighted by molar-refractivity contribution is -0.0194. The third-order valence-corrected chi connectivity index (χ3v) is 6.20. The monoisotopic (exact) mass is 476 g/mol. The quantitative estimate of drug-likeness (QED) is 0.151. The van der Waals surface area contributed by atoms with Gasteiger partial charge in [-0.1, -0.05) is 60.8 Å². The van der Waals surface area contributed by atoms with Crippen molar-refractivity contribution in [2.24, 2.45) is 23.7 Å². The maximum Gasteiger partial charge on any atom is 0.0701 e. The van der Waals surface area contributed by atoms with Crippen LogP contribution in [0.2, 0.25) is 0 Å². The van der Waals surface area contributed by atoms with E-state index >= 15 is 0 Å². The van der Waals surface area contributed by atoms with Crippen molar-refractivity contribution < 1.29 is 28.4 Å². The van der Waals surface area contributed by atoms with E-state index in [0.29, 0.717) is 77.9 Å². The van der Waals surface area contributed by atoms with Gasteiger partial charge in [0.1, 0.15) is 0 Å². The molecular formula is C27H56O6. The Bertz CT molecular complexity index is 382. The highest BCUT2D eigenvalue weighted by atomic mass is 16.6. The highest BCUT2D eigenvalue weighted by Crippen LogP contribution is 2.19. The summed E-state index contributed by atoms with van der Waals surface area (Å²) in [6.45, 7) is 21.3. The highest BCUT2D eigenvalue weighted by molar-refractivity contribution is 4.60.